The average Bonchev–Trinajstić information content (AvgIpc) is 2.69. The number of nitrogens with zero attached hydrogens (tertiary/aromatic N) is 1. The largest absolute Gasteiger partial charge is 0.340 e. The summed E-state index contributed by atoms with van der Waals surface area (Å²) in [6.07, 6.45) is 3.59. The molecule has 1 aromatic heterocycles. The number of pyridine rings is 1. The van der Waals surface area contributed by atoms with Gasteiger partial charge >= 0.3 is 0 Å². The molecule has 0 unspecified atom stereocenters. The van der Waals surface area contributed by atoms with E-state index >= 15 is 0 Å². The summed E-state index contributed by atoms with van der Waals surface area (Å²) < 4.78 is 0. The standard InChI is InChI=1S/C21H19N3O2/c25-20(17-10-5-2-6-11-17)24-19(14-16-8-3-1-4-9-16)21(26)23-18-12-7-13-22-15-18/h1-13,15,19H,14H2,(H,23,26)(H,24,25)/t19-/m1/s1. The van der Waals surface area contributed by atoms with Crippen LogP contribution in [-0.4, -0.2) is 22.8 Å². The Labute approximate surface area is 152 Å². The van der Waals surface area contributed by atoms with Gasteiger partial charge in [-0.05, 0) is 29.8 Å². The van der Waals surface area contributed by atoms with Crippen LogP contribution in [0.1, 0.15) is 15.9 Å². The first kappa shape index (κ1) is 17.4. The molecular formula is C21H19N3O2. The van der Waals surface area contributed by atoms with Gasteiger partial charge in [-0.15, -0.1) is 0 Å². The van der Waals surface area contributed by atoms with Gasteiger partial charge in [0.1, 0.15) is 6.04 Å². The number of carbonyl (C=O) groups is 2. The number of aromatic nitrogens is 1. The molecule has 0 aliphatic rings. The second-order valence-electron chi connectivity index (χ2n) is 5.81. The van der Waals surface area contributed by atoms with Gasteiger partial charge in [-0.3, -0.25) is 14.6 Å². The highest BCUT2D eigenvalue weighted by atomic mass is 16.2. The lowest BCUT2D eigenvalue weighted by molar-refractivity contribution is -0.118. The lowest BCUT2D eigenvalue weighted by atomic mass is 10.0. The van der Waals surface area contributed by atoms with Crippen LogP contribution in [0.15, 0.2) is 85.2 Å². The zero-order valence-corrected chi connectivity index (χ0v) is 14.1. The Morgan fingerprint density at radius 3 is 2.23 bits per heavy atom. The van der Waals surface area contributed by atoms with Gasteiger partial charge < -0.3 is 10.6 Å². The monoisotopic (exact) mass is 345 g/mol. The molecule has 2 N–H and O–H groups in total. The molecule has 0 saturated carbocycles. The van der Waals surface area contributed by atoms with Crippen molar-refractivity contribution in [2.45, 2.75) is 12.5 Å². The minimum Gasteiger partial charge on any atom is -0.340 e. The molecule has 1 atom stereocenters. The van der Waals surface area contributed by atoms with Crippen molar-refractivity contribution in [3.63, 3.8) is 0 Å². The summed E-state index contributed by atoms with van der Waals surface area (Å²) in [6.45, 7) is 0. The molecule has 0 radical (unpaired) electrons. The Balaban J connectivity index is 1.76. The number of benzene rings is 2. The number of hydrogen-bond acceptors (Lipinski definition) is 3. The average molecular weight is 345 g/mol. The van der Waals surface area contributed by atoms with Gasteiger partial charge in [0.05, 0.1) is 11.9 Å². The normalized spacial score (nSPS) is 11.4. The van der Waals surface area contributed by atoms with Gasteiger partial charge in [0.15, 0.2) is 0 Å². The number of hydrogen-bond donors (Lipinski definition) is 2. The summed E-state index contributed by atoms with van der Waals surface area (Å²) in [7, 11) is 0. The van der Waals surface area contributed by atoms with Crippen LogP contribution < -0.4 is 10.6 Å². The van der Waals surface area contributed by atoms with Crippen LogP contribution in [0, 0.1) is 0 Å². The molecule has 0 saturated heterocycles. The number of carbonyl (C=O) groups excluding carboxylic acids is 2. The third-order valence-electron chi connectivity index (χ3n) is 3.87. The SMILES string of the molecule is O=C(N[C@H](Cc1ccccc1)C(=O)Nc1cccnc1)c1ccccc1. The Morgan fingerprint density at radius 1 is 0.885 bits per heavy atom. The molecule has 3 aromatic rings. The van der Waals surface area contributed by atoms with E-state index in [0.29, 0.717) is 17.7 Å². The predicted octanol–water partition coefficient (Wildman–Crippen LogP) is 3.06. The van der Waals surface area contributed by atoms with E-state index in [9.17, 15) is 9.59 Å². The number of nitrogens with one attached hydrogen (secondary N) is 2. The van der Waals surface area contributed by atoms with E-state index in [1.807, 2.05) is 36.4 Å². The second-order valence-corrected chi connectivity index (χ2v) is 5.81. The van der Waals surface area contributed by atoms with Crippen molar-refractivity contribution in [3.8, 4) is 0 Å². The van der Waals surface area contributed by atoms with Gasteiger partial charge in [-0.1, -0.05) is 48.5 Å². The molecular weight excluding hydrogens is 326 g/mol. The highest BCUT2D eigenvalue weighted by molar-refractivity contribution is 6.01. The lowest BCUT2D eigenvalue weighted by Crippen LogP contribution is -2.45. The summed E-state index contributed by atoms with van der Waals surface area (Å²) in [5.41, 5.74) is 2.07. The van der Waals surface area contributed by atoms with Gasteiger partial charge in [0.25, 0.3) is 5.91 Å². The summed E-state index contributed by atoms with van der Waals surface area (Å²) in [6, 6.07) is 21.2. The molecule has 1 heterocycles. The highest BCUT2D eigenvalue weighted by Gasteiger charge is 2.22. The van der Waals surface area contributed by atoms with Crippen LogP contribution >= 0.6 is 0 Å². The van der Waals surface area contributed by atoms with E-state index in [2.05, 4.69) is 15.6 Å². The van der Waals surface area contributed by atoms with Crippen LogP contribution in [0.3, 0.4) is 0 Å². The fraction of sp³-hybridized carbons (Fsp3) is 0.0952. The van der Waals surface area contributed by atoms with Crippen molar-refractivity contribution < 1.29 is 9.59 Å². The summed E-state index contributed by atoms with van der Waals surface area (Å²) >= 11 is 0. The highest BCUT2D eigenvalue weighted by Crippen LogP contribution is 2.09. The van der Waals surface area contributed by atoms with Crippen molar-refractivity contribution >= 4 is 17.5 Å². The van der Waals surface area contributed by atoms with Crippen molar-refractivity contribution in [2.24, 2.45) is 0 Å². The van der Waals surface area contributed by atoms with E-state index < -0.39 is 6.04 Å². The quantitative estimate of drug-likeness (QED) is 0.721. The molecule has 2 amide bonds. The Hall–Kier alpha value is -3.47. The van der Waals surface area contributed by atoms with Crippen LogP contribution in [0.5, 0.6) is 0 Å². The summed E-state index contributed by atoms with van der Waals surface area (Å²) in [5, 5.41) is 5.63. The van der Waals surface area contributed by atoms with E-state index in [-0.39, 0.29) is 11.8 Å². The van der Waals surface area contributed by atoms with E-state index in [1.165, 1.54) is 0 Å². The molecule has 0 spiro atoms. The minimum absolute atomic E-state index is 0.284. The smallest absolute Gasteiger partial charge is 0.251 e. The maximum absolute atomic E-state index is 12.7. The first-order valence-electron chi connectivity index (χ1n) is 8.33. The van der Waals surface area contributed by atoms with Crippen molar-refractivity contribution in [1.82, 2.24) is 10.3 Å². The third kappa shape index (κ3) is 4.77. The molecule has 0 fully saturated rings. The molecule has 0 aliphatic heterocycles. The first-order chi connectivity index (χ1) is 12.7. The summed E-state index contributed by atoms with van der Waals surface area (Å²) in [5.74, 6) is -0.570. The zero-order valence-electron chi connectivity index (χ0n) is 14.1. The number of anilines is 1. The summed E-state index contributed by atoms with van der Waals surface area (Å²) in [4.78, 5) is 29.2. The van der Waals surface area contributed by atoms with Gasteiger partial charge in [0.2, 0.25) is 5.91 Å². The van der Waals surface area contributed by atoms with Crippen LogP contribution in [0.2, 0.25) is 0 Å². The fourth-order valence-corrected chi connectivity index (χ4v) is 2.56. The van der Waals surface area contributed by atoms with Crippen LogP contribution in [0.4, 0.5) is 5.69 Å². The molecule has 5 heteroatoms. The Bertz CT molecular complexity index is 852. The maximum Gasteiger partial charge on any atom is 0.251 e. The van der Waals surface area contributed by atoms with Crippen molar-refractivity contribution in [2.75, 3.05) is 5.32 Å². The predicted molar refractivity (Wildman–Crippen MR) is 101 cm³/mol. The van der Waals surface area contributed by atoms with Gasteiger partial charge in [-0.2, -0.15) is 0 Å². The minimum atomic E-state index is -0.703. The van der Waals surface area contributed by atoms with Crippen molar-refractivity contribution in [3.05, 3.63) is 96.3 Å². The third-order valence-corrected chi connectivity index (χ3v) is 3.87. The first-order valence-corrected chi connectivity index (χ1v) is 8.33. The Morgan fingerprint density at radius 2 is 1.58 bits per heavy atom. The molecule has 0 bridgehead atoms. The molecule has 0 aliphatic carbocycles. The van der Waals surface area contributed by atoms with Crippen LogP contribution in [-0.2, 0) is 11.2 Å². The van der Waals surface area contributed by atoms with E-state index in [4.69, 9.17) is 0 Å². The molecule has 26 heavy (non-hydrogen) atoms. The topological polar surface area (TPSA) is 71.1 Å². The van der Waals surface area contributed by atoms with Gasteiger partial charge in [-0.25, -0.2) is 0 Å². The van der Waals surface area contributed by atoms with E-state index in [1.54, 1.807) is 48.8 Å². The zero-order chi connectivity index (χ0) is 18.2. The fourth-order valence-electron chi connectivity index (χ4n) is 2.56. The van der Waals surface area contributed by atoms with Gasteiger partial charge in [0, 0.05) is 18.2 Å². The number of rotatable bonds is 6. The molecule has 130 valence electrons. The molecule has 2 aromatic carbocycles. The molecule has 3 rings (SSSR count). The second kappa shape index (κ2) is 8.58. The van der Waals surface area contributed by atoms with Crippen LogP contribution in [0.25, 0.3) is 0 Å². The van der Waals surface area contributed by atoms with E-state index in [0.717, 1.165) is 5.56 Å². The Kier molecular flexibility index (Phi) is 5.72. The molecule has 5 nitrogen and oxygen atoms in total. The maximum atomic E-state index is 12.7. The lowest BCUT2D eigenvalue weighted by Gasteiger charge is -2.18. The number of amides is 2. The van der Waals surface area contributed by atoms with Crippen molar-refractivity contribution in [1.29, 1.82) is 0 Å².